The van der Waals surface area contributed by atoms with Crippen molar-refractivity contribution < 1.29 is 19.8 Å². The monoisotopic (exact) mass is 372 g/mol. The largest absolute Gasteiger partial charge is 0.478 e. The van der Waals surface area contributed by atoms with Gasteiger partial charge in [0.25, 0.3) is 5.91 Å². The number of aliphatic carboxylic acids is 1. The number of amides is 1. The predicted molar refractivity (Wildman–Crippen MR) is 98.2 cm³/mol. The SMILES string of the molecule is C[C@@H](c1ccccc1)[C@](O)(NC(=O)c1cc2cc(Cl)ccc2[nH]1)C(=O)O. The minimum Gasteiger partial charge on any atom is -0.478 e. The summed E-state index contributed by atoms with van der Waals surface area (Å²) in [4.78, 5) is 27.2. The third-order valence-electron chi connectivity index (χ3n) is 4.38. The molecule has 0 radical (unpaired) electrons. The van der Waals surface area contributed by atoms with Crippen LogP contribution in [0.5, 0.6) is 0 Å². The molecule has 6 nitrogen and oxygen atoms in total. The molecule has 0 aliphatic carbocycles. The third-order valence-corrected chi connectivity index (χ3v) is 4.62. The number of carbonyl (C=O) groups is 2. The molecule has 1 amide bonds. The third kappa shape index (κ3) is 3.29. The molecule has 0 unspecified atom stereocenters. The molecule has 4 N–H and O–H groups in total. The summed E-state index contributed by atoms with van der Waals surface area (Å²) in [5.41, 5.74) is -1.08. The Balaban J connectivity index is 1.91. The van der Waals surface area contributed by atoms with Gasteiger partial charge >= 0.3 is 5.97 Å². The number of fused-ring (bicyclic) bond motifs is 1. The second-order valence-corrected chi connectivity index (χ2v) is 6.51. The Morgan fingerprint density at radius 2 is 1.85 bits per heavy atom. The second-order valence-electron chi connectivity index (χ2n) is 6.07. The molecule has 0 bridgehead atoms. The molecule has 0 aliphatic heterocycles. The molecule has 7 heteroatoms. The lowest BCUT2D eigenvalue weighted by atomic mass is 9.89. The number of carbonyl (C=O) groups excluding carboxylic acids is 1. The highest BCUT2D eigenvalue weighted by Gasteiger charge is 2.44. The summed E-state index contributed by atoms with van der Waals surface area (Å²) < 4.78 is 0. The summed E-state index contributed by atoms with van der Waals surface area (Å²) >= 11 is 5.93. The van der Waals surface area contributed by atoms with Crippen molar-refractivity contribution in [2.75, 3.05) is 0 Å². The number of aromatic nitrogens is 1. The molecule has 1 heterocycles. The summed E-state index contributed by atoms with van der Waals surface area (Å²) in [6.07, 6.45) is 0. The maximum atomic E-state index is 12.6. The topological polar surface area (TPSA) is 102 Å². The van der Waals surface area contributed by atoms with Crippen LogP contribution in [0.15, 0.2) is 54.6 Å². The fraction of sp³-hybridized carbons (Fsp3) is 0.158. The highest BCUT2D eigenvalue weighted by Crippen LogP contribution is 2.27. The maximum absolute atomic E-state index is 12.6. The Kier molecular flexibility index (Phi) is 4.71. The van der Waals surface area contributed by atoms with Gasteiger partial charge in [0.15, 0.2) is 0 Å². The van der Waals surface area contributed by atoms with Gasteiger partial charge in [0, 0.05) is 21.8 Å². The van der Waals surface area contributed by atoms with Crippen molar-refractivity contribution in [2.24, 2.45) is 0 Å². The Hall–Kier alpha value is -2.83. The molecule has 1 aromatic heterocycles. The summed E-state index contributed by atoms with van der Waals surface area (Å²) in [6, 6.07) is 15.2. The van der Waals surface area contributed by atoms with Crippen LogP contribution in [0.1, 0.15) is 28.9 Å². The van der Waals surface area contributed by atoms with Crippen LogP contribution < -0.4 is 5.32 Å². The number of nitrogens with one attached hydrogen (secondary N) is 2. The van der Waals surface area contributed by atoms with Crippen LogP contribution in [0.4, 0.5) is 0 Å². The maximum Gasteiger partial charge on any atom is 0.357 e. The number of H-pyrrole nitrogens is 1. The smallest absolute Gasteiger partial charge is 0.357 e. The number of benzene rings is 2. The lowest BCUT2D eigenvalue weighted by Crippen LogP contribution is -2.58. The van der Waals surface area contributed by atoms with E-state index in [-0.39, 0.29) is 5.69 Å². The van der Waals surface area contributed by atoms with Crippen LogP contribution in [-0.2, 0) is 4.79 Å². The Morgan fingerprint density at radius 3 is 2.50 bits per heavy atom. The van der Waals surface area contributed by atoms with Crippen molar-refractivity contribution in [1.82, 2.24) is 10.3 Å². The van der Waals surface area contributed by atoms with Crippen molar-refractivity contribution in [3.63, 3.8) is 0 Å². The number of aliphatic hydroxyl groups is 1. The summed E-state index contributed by atoms with van der Waals surface area (Å²) in [5, 5.41) is 23.7. The molecule has 134 valence electrons. The van der Waals surface area contributed by atoms with E-state index in [9.17, 15) is 19.8 Å². The van der Waals surface area contributed by atoms with Gasteiger partial charge in [-0.25, -0.2) is 4.79 Å². The molecule has 3 aromatic rings. The fourth-order valence-corrected chi connectivity index (χ4v) is 2.98. The first kappa shape index (κ1) is 18.0. The van der Waals surface area contributed by atoms with Crippen molar-refractivity contribution in [2.45, 2.75) is 18.6 Å². The molecule has 0 saturated carbocycles. The first-order chi connectivity index (χ1) is 12.3. The Morgan fingerprint density at radius 1 is 1.15 bits per heavy atom. The number of carboxylic acid groups (broad SMARTS) is 1. The molecule has 0 spiro atoms. The van der Waals surface area contributed by atoms with E-state index in [0.717, 1.165) is 0 Å². The van der Waals surface area contributed by atoms with Crippen molar-refractivity contribution >= 4 is 34.4 Å². The van der Waals surface area contributed by atoms with E-state index in [2.05, 4.69) is 10.3 Å². The average molecular weight is 373 g/mol. The second kappa shape index (κ2) is 6.82. The lowest BCUT2D eigenvalue weighted by molar-refractivity contribution is -0.163. The fourth-order valence-electron chi connectivity index (χ4n) is 2.80. The van der Waals surface area contributed by atoms with Crippen LogP contribution in [0.25, 0.3) is 10.9 Å². The van der Waals surface area contributed by atoms with Crippen molar-refractivity contribution in [3.8, 4) is 0 Å². The molecule has 3 rings (SSSR count). The number of aromatic amines is 1. The minimum absolute atomic E-state index is 0.127. The molecule has 0 fully saturated rings. The molecule has 0 aliphatic rings. The normalized spacial score (nSPS) is 14.6. The van der Waals surface area contributed by atoms with E-state index in [1.807, 2.05) is 0 Å². The molecule has 2 aromatic carbocycles. The van der Waals surface area contributed by atoms with Gasteiger partial charge < -0.3 is 20.5 Å². The van der Waals surface area contributed by atoms with Gasteiger partial charge in [-0.1, -0.05) is 48.9 Å². The van der Waals surface area contributed by atoms with Gasteiger partial charge in [-0.2, -0.15) is 0 Å². The van der Waals surface area contributed by atoms with Crippen LogP contribution in [-0.4, -0.2) is 32.8 Å². The summed E-state index contributed by atoms with van der Waals surface area (Å²) in [6.45, 7) is 1.54. The van der Waals surface area contributed by atoms with E-state index in [1.54, 1.807) is 54.6 Å². The van der Waals surface area contributed by atoms with Gasteiger partial charge in [0.1, 0.15) is 5.69 Å². The first-order valence-corrected chi connectivity index (χ1v) is 8.30. The van der Waals surface area contributed by atoms with Crippen LogP contribution in [0.3, 0.4) is 0 Å². The number of halogens is 1. The van der Waals surface area contributed by atoms with E-state index in [0.29, 0.717) is 21.5 Å². The Labute approximate surface area is 154 Å². The molecule has 26 heavy (non-hydrogen) atoms. The standard InChI is InChI=1S/C19H17ClN2O4/c1-11(12-5-3-2-4-6-12)19(26,18(24)25)22-17(23)16-10-13-9-14(20)7-8-15(13)21-16/h2-11,21,26H,1H3,(H,22,23)(H,24,25)/t11-,19+/m0/s1. The predicted octanol–water partition coefficient (Wildman–Crippen LogP) is 3.13. The average Bonchev–Trinajstić information content (AvgIpc) is 3.04. The summed E-state index contributed by atoms with van der Waals surface area (Å²) in [5.74, 6) is -3.14. The summed E-state index contributed by atoms with van der Waals surface area (Å²) in [7, 11) is 0. The van der Waals surface area contributed by atoms with E-state index in [4.69, 9.17) is 11.6 Å². The van der Waals surface area contributed by atoms with Gasteiger partial charge in [0.2, 0.25) is 5.72 Å². The highest BCUT2D eigenvalue weighted by atomic mass is 35.5. The number of carboxylic acids is 1. The lowest BCUT2D eigenvalue weighted by Gasteiger charge is -2.30. The number of hydrogen-bond acceptors (Lipinski definition) is 3. The van der Waals surface area contributed by atoms with E-state index in [1.165, 1.54) is 6.92 Å². The highest BCUT2D eigenvalue weighted by molar-refractivity contribution is 6.31. The zero-order valence-corrected chi connectivity index (χ0v) is 14.6. The zero-order valence-electron chi connectivity index (χ0n) is 13.9. The molecule has 2 atom stereocenters. The molecular formula is C19H17ClN2O4. The minimum atomic E-state index is -2.46. The van der Waals surface area contributed by atoms with Gasteiger partial charge in [0.05, 0.1) is 0 Å². The number of rotatable bonds is 5. The zero-order chi connectivity index (χ0) is 18.9. The van der Waals surface area contributed by atoms with Crippen molar-refractivity contribution in [3.05, 3.63) is 70.9 Å². The van der Waals surface area contributed by atoms with Gasteiger partial charge in [-0.05, 0) is 29.8 Å². The van der Waals surface area contributed by atoms with Crippen molar-refractivity contribution in [1.29, 1.82) is 0 Å². The van der Waals surface area contributed by atoms with Gasteiger partial charge in [-0.3, -0.25) is 4.79 Å². The van der Waals surface area contributed by atoms with E-state index < -0.39 is 23.5 Å². The van der Waals surface area contributed by atoms with Gasteiger partial charge in [-0.15, -0.1) is 0 Å². The Bertz CT molecular complexity index is 970. The molecule has 0 saturated heterocycles. The number of hydrogen-bond donors (Lipinski definition) is 4. The quantitative estimate of drug-likeness (QED) is 0.517. The van der Waals surface area contributed by atoms with Crippen LogP contribution in [0.2, 0.25) is 5.02 Å². The molecular weight excluding hydrogens is 356 g/mol. The first-order valence-electron chi connectivity index (χ1n) is 7.93. The van der Waals surface area contributed by atoms with E-state index >= 15 is 0 Å². The van der Waals surface area contributed by atoms with Crippen LogP contribution in [0, 0.1) is 0 Å². The van der Waals surface area contributed by atoms with Crippen LogP contribution >= 0.6 is 11.6 Å².